The van der Waals surface area contributed by atoms with Crippen molar-refractivity contribution in [2.75, 3.05) is 0 Å². The SMILES string of the molecule is c1ccc(-c2nc(-c3ccc4ccccc4c3)nc(-c3cccc4oc5ccc(-c6cccc7ccc8c9ccccc9ccc8c67)cc5c34)n2)cc1. The highest BCUT2D eigenvalue weighted by Gasteiger charge is 2.19. The Morgan fingerprint density at radius 3 is 1.87 bits per heavy atom. The average molecular weight is 676 g/mol. The van der Waals surface area contributed by atoms with Gasteiger partial charge in [0.05, 0.1) is 0 Å². The number of aromatic nitrogens is 3. The van der Waals surface area contributed by atoms with E-state index in [0.717, 1.165) is 49.6 Å². The lowest BCUT2D eigenvalue weighted by Gasteiger charge is -2.12. The third-order valence-electron chi connectivity index (χ3n) is 10.5. The van der Waals surface area contributed by atoms with E-state index in [9.17, 15) is 0 Å². The van der Waals surface area contributed by atoms with Crippen LogP contribution >= 0.6 is 0 Å². The van der Waals surface area contributed by atoms with Gasteiger partial charge in [0.2, 0.25) is 0 Å². The fourth-order valence-corrected chi connectivity index (χ4v) is 7.97. The molecule has 2 aromatic heterocycles. The molecule has 0 N–H and O–H groups in total. The standard InChI is InChI=1S/C49H29N3O/c1-2-12-33(13-3-1)47-50-48(36-21-20-30-10-4-5-14-34(30)28-36)52-49(51-47)41-18-9-19-44-46(41)42-29-35(24-27-43(42)53-44)38-17-8-15-32-23-25-39-37-16-7-6-11-31(37)22-26-40(39)45(32)38/h1-29H. The van der Waals surface area contributed by atoms with Crippen molar-refractivity contribution in [3.63, 3.8) is 0 Å². The van der Waals surface area contributed by atoms with Crippen LogP contribution in [-0.4, -0.2) is 15.0 Å². The van der Waals surface area contributed by atoms with Gasteiger partial charge in [-0.2, -0.15) is 0 Å². The van der Waals surface area contributed by atoms with Gasteiger partial charge in [-0.1, -0.05) is 152 Å². The van der Waals surface area contributed by atoms with E-state index < -0.39 is 0 Å². The van der Waals surface area contributed by atoms with Gasteiger partial charge in [-0.3, -0.25) is 0 Å². The normalized spacial score (nSPS) is 11.8. The summed E-state index contributed by atoms with van der Waals surface area (Å²) >= 11 is 0. The van der Waals surface area contributed by atoms with Gasteiger partial charge in [0, 0.05) is 27.5 Å². The Labute approximate surface area is 304 Å². The zero-order chi connectivity index (χ0) is 34.9. The van der Waals surface area contributed by atoms with Crippen molar-refractivity contribution in [1.29, 1.82) is 0 Å². The lowest BCUT2D eigenvalue weighted by atomic mass is 9.91. The Morgan fingerprint density at radius 2 is 0.962 bits per heavy atom. The number of furan rings is 1. The lowest BCUT2D eigenvalue weighted by molar-refractivity contribution is 0.669. The highest BCUT2D eigenvalue weighted by molar-refractivity contribution is 6.21. The second kappa shape index (κ2) is 11.7. The van der Waals surface area contributed by atoms with E-state index in [2.05, 4.69) is 133 Å². The molecule has 0 aliphatic carbocycles. The first-order valence-corrected chi connectivity index (χ1v) is 17.9. The maximum Gasteiger partial charge on any atom is 0.164 e. The van der Waals surface area contributed by atoms with E-state index in [4.69, 9.17) is 19.4 Å². The first-order valence-electron chi connectivity index (χ1n) is 17.9. The number of fused-ring (bicyclic) bond motifs is 9. The molecule has 0 spiro atoms. The molecule has 4 nitrogen and oxygen atoms in total. The lowest BCUT2D eigenvalue weighted by Crippen LogP contribution is -2.00. The van der Waals surface area contributed by atoms with Gasteiger partial charge in [-0.05, 0) is 78.5 Å². The molecule has 0 aliphatic rings. The molecule has 11 rings (SSSR count). The van der Waals surface area contributed by atoms with Crippen LogP contribution in [0.15, 0.2) is 180 Å². The number of hydrogen-bond acceptors (Lipinski definition) is 4. The summed E-state index contributed by atoms with van der Waals surface area (Å²) in [5.74, 6) is 1.85. The van der Waals surface area contributed by atoms with Crippen molar-refractivity contribution in [3.8, 4) is 45.3 Å². The summed E-state index contributed by atoms with van der Waals surface area (Å²) in [6, 6.07) is 61.7. The Balaban J connectivity index is 1.14. The van der Waals surface area contributed by atoms with Crippen LogP contribution < -0.4 is 0 Å². The second-order valence-corrected chi connectivity index (χ2v) is 13.6. The summed E-state index contributed by atoms with van der Waals surface area (Å²) < 4.78 is 6.52. The Bertz CT molecular complexity index is 3240. The molecule has 0 saturated heterocycles. The topological polar surface area (TPSA) is 51.8 Å². The van der Waals surface area contributed by atoms with Crippen molar-refractivity contribution in [1.82, 2.24) is 15.0 Å². The van der Waals surface area contributed by atoms with Crippen LogP contribution in [0.4, 0.5) is 0 Å². The molecular formula is C49H29N3O. The number of benzene rings is 9. The van der Waals surface area contributed by atoms with E-state index in [-0.39, 0.29) is 0 Å². The molecule has 0 atom stereocenters. The fourth-order valence-electron chi connectivity index (χ4n) is 7.97. The monoisotopic (exact) mass is 675 g/mol. The van der Waals surface area contributed by atoms with Crippen LogP contribution in [0.2, 0.25) is 0 Å². The summed E-state index contributed by atoms with van der Waals surface area (Å²) in [4.78, 5) is 15.3. The minimum Gasteiger partial charge on any atom is -0.456 e. The maximum absolute atomic E-state index is 6.52. The first kappa shape index (κ1) is 29.5. The Hall–Kier alpha value is -7.17. The minimum atomic E-state index is 0.601. The zero-order valence-corrected chi connectivity index (χ0v) is 28.5. The van der Waals surface area contributed by atoms with Crippen LogP contribution in [0.25, 0.3) is 110 Å². The van der Waals surface area contributed by atoms with E-state index in [1.165, 1.54) is 43.3 Å². The molecule has 4 heteroatoms. The van der Waals surface area contributed by atoms with Crippen LogP contribution in [0.1, 0.15) is 0 Å². The van der Waals surface area contributed by atoms with Crippen molar-refractivity contribution in [2.24, 2.45) is 0 Å². The van der Waals surface area contributed by atoms with Gasteiger partial charge in [0.15, 0.2) is 17.5 Å². The Morgan fingerprint density at radius 1 is 0.302 bits per heavy atom. The molecular weight excluding hydrogens is 647 g/mol. The second-order valence-electron chi connectivity index (χ2n) is 13.6. The van der Waals surface area contributed by atoms with Crippen molar-refractivity contribution in [3.05, 3.63) is 176 Å². The number of hydrogen-bond donors (Lipinski definition) is 0. The highest BCUT2D eigenvalue weighted by Crippen LogP contribution is 2.41. The van der Waals surface area contributed by atoms with Crippen molar-refractivity contribution >= 4 is 65.0 Å². The molecule has 0 radical (unpaired) electrons. The van der Waals surface area contributed by atoms with E-state index in [1.54, 1.807) is 0 Å². The van der Waals surface area contributed by atoms with Gasteiger partial charge in [0.25, 0.3) is 0 Å². The van der Waals surface area contributed by atoms with Gasteiger partial charge < -0.3 is 4.42 Å². The van der Waals surface area contributed by atoms with E-state index in [0.29, 0.717) is 17.5 Å². The van der Waals surface area contributed by atoms with Crippen LogP contribution in [0.3, 0.4) is 0 Å². The summed E-state index contributed by atoms with van der Waals surface area (Å²) in [7, 11) is 0. The first-order chi connectivity index (χ1) is 26.2. The summed E-state index contributed by atoms with van der Waals surface area (Å²) in [5, 5.41) is 11.8. The molecule has 0 amide bonds. The van der Waals surface area contributed by atoms with Crippen LogP contribution in [-0.2, 0) is 0 Å². The third kappa shape index (κ3) is 4.80. The molecule has 0 aliphatic heterocycles. The number of nitrogens with zero attached hydrogens (tertiary/aromatic N) is 3. The molecule has 0 unspecified atom stereocenters. The molecule has 0 fully saturated rings. The fraction of sp³-hybridized carbons (Fsp3) is 0. The van der Waals surface area contributed by atoms with Gasteiger partial charge in [-0.25, -0.2) is 15.0 Å². The predicted octanol–water partition coefficient (Wildman–Crippen LogP) is 13.1. The predicted molar refractivity (Wildman–Crippen MR) is 219 cm³/mol. The number of rotatable bonds is 4. The molecule has 246 valence electrons. The van der Waals surface area contributed by atoms with E-state index in [1.807, 2.05) is 42.5 Å². The zero-order valence-electron chi connectivity index (χ0n) is 28.5. The molecule has 53 heavy (non-hydrogen) atoms. The van der Waals surface area contributed by atoms with E-state index >= 15 is 0 Å². The summed E-state index contributed by atoms with van der Waals surface area (Å²) in [6.45, 7) is 0. The highest BCUT2D eigenvalue weighted by atomic mass is 16.3. The molecule has 2 heterocycles. The quantitative estimate of drug-likeness (QED) is 0.174. The molecule has 0 bridgehead atoms. The van der Waals surface area contributed by atoms with Gasteiger partial charge in [-0.15, -0.1) is 0 Å². The van der Waals surface area contributed by atoms with Crippen molar-refractivity contribution in [2.45, 2.75) is 0 Å². The smallest absolute Gasteiger partial charge is 0.164 e. The largest absolute Gasteiger partial charge is 0.456 e. The third-order valence-corrected chi connectivity index (χ3v) is 10.5. The summed E-state index contributed by atoms with van der Waals surface area (Å²) in [5.41, 5.74) is 6.68. The van der Waals surface area contributed by atoms with Gasteiger partial charge in [0.1, 0.15) is 11.2 Å². The molecule has 9 aromatic carbocycles. The average Bonchev–Trinajstić information content (AvgIpc) is 3.61. The van der Waals surface area contributed by atoms with Gasteiger partial charge >= 0.3 is 0 Å². The maximum atomic E-state index is 6.52. The summed E-state index contributed by atoms with van der Waals surface area (Å²) in [6.07, 6.45) is 0. The molecule has 11 aromatic rings. The Kier molecular flexibility index (Phi) is 6.52. The van der Waals surface area contributed by atoms with Crippen LogP contribution in [0.5, 0.6) is 0 Å². The van der Waals surface area contributed by atoms with Crippen molar-refractivity contribution < 1.29 is 4.42 Å². The molecule has 0 saturated carbocycles. The minimum absolute atomic E-state index is 0.601. The van der Waals surface area contributed by atoms with Crippen LogP contribution in [0, 0.1) is 0 Å².